The number of rotatable bonds is 0. The number of carbonyl (C=O) groups is 1. The molecule has 1 aliphatic rings. The average Bonchev–Trinajstić information content (AvgIpc) is 2.29. The van der Waals surface area contributed by atoms with Crippen LogP contribution >= 0.6 is 0 Å². The second kappa shape index (κ2) is 5.80. The Morgan fingerprint density at radius 1 is 1.15 bits per heavy atom. The van der Waals surface area contributed by atoms with Gasteiger partial charge in [0.25, 0.3) is 0 Å². The number of aromatic hydroxyl groups is 1. The van der Waals surface area contributed by atoms with E-state index in [1.54, 1.807) is 18.2 Å². The molecule has 0 bridgehead atoms. The maximum Gasteiger partial charge on any atom is 0.522 e. The van der Waals surface area contributed by atoms with E-state index in [1.165, 1.54) is 0 Å². The lowest BCUT2D eigenvalue weighted by Gasteiger charge is -2.14. The third kappa shape index (κ3) is 3.94. The summed E-state index contributed by atoms with van der Waals surface area (Å²) in [5.74, 6) is 0.424. The fraction of sp³-hybridized carbons (Fsp3) is 0.364. The van der Waals surface area contributed by atoms with E-state index in [1.807, 2.05) is 0 Å². The van der Waals surface area contributed by atoms with Crippen LogP contribution in [0.4, 0.5) is 13.2 Å². The van der Waals surface area contributed by atoms with Gasteiger partial charge in [0.1, 0.15) is 5.75 Å². The first-order valence-corrected chi connectivity index (χ1v) is 6.86. The topological polar surface area (TPSA) is 91.7 Å². The Hall–Kier alpha value is -1.61. The van der Waals surface area contributed by atoms with Gasteiger partial charge < -0.3 is 5.11 Å². The summed E-state index contributed by atoms with van der Waals surface area (Å²) in [6, 6.07) is 5.14. The van der Waals surface area contributed by atoms with Crippen LogP contribution in [0, 0.1) is 0 Å². The van der Waals surface area contributed by atoms with Crippen LogP contribution in [-0.4, -0.2) is 29.4 Å². The van der Waals surface area contributed by atoms with Crippen molar-refractivity contribution in [3.05, 3.63) is 29.3 Å². The molecule has 0 radical (unpaired) electrons. The van der Waals surface area contributed by atoms with E-state index in [0.29, 0.717) is 12.0 Å². The molecular formula is C11H11F3O5S. The van der Waals surface area contributed by atoms with Crippen molar-refractivity contribution in [2.45, 2.75) is 24.8 Å². The summed E-state index contributed by atoms with van der Waals surface area (Å²) in [5.41, 5.74) is -4.00. The number of hydrogen-bond acceptors (Lipinski definition) is 4. The fourth-order valence-corrected chi connectivity index (χ4v) is 1.66. The molecule has 0 aliphatic heterocycles. The second-order valence-corrected chi connectivity index (χ2v) is 5.41. The van der Waals surface area contributed by atoms with Crippen molar-refractivity contribution in [2.75, 3.05) is 0 Å². The van der Waals surface area contributed by atoms with Crippen molar-refractivity contribution in [2.24, 2.45) is 0 Å². The lowest BCUT2D eigenvalue weighted by atomic mass is 9.90. The van der Waals surface area contributed by atoms with E-state index in [-0.39, 0.29) is 11.5 Å². The van der Waals surface area contributed by atoms with Crippen LogP contribution in [0.1, 0.15) is 28.8 Å². The number of Topliss-reactive ketones (excluding diaryl/α,β-unsaturated/α-hetero) is 1. The minimum absolute atomic E-state index is 0.159. The van der Waals surface area contributed by atoms with Gasteiger partial charge in [-0.05, 0) is 18.9 Å². The number of hydrogen-bond donors (Lipinski definition) is 2. The Morgan fingerprint density at radius 2 is 1.70 bits per heavy atom. The molecule has 2 rings (SSSR count). The lowest BCUT2D eigenvalue weighted by Crippen LogP contribution is -2.21. The highest BCUT2D eigenvalue weighted by molar-refractivity contribution is 7.86. The number of alkyl halides is 3. The average molecular weight is 312 g/mol. The van der Waals surface area contributed by atoms with Gasteiger partial charge in [-0.15, -0.1) is 0 Å². The maximum absolute atomic E-state index is 11.3. The summed E-state index contributed by atoms with van der Waals surface area (Å²) < 4.78 is 57.5. The zero-order valence-corrected chi connectivity index (χ0v) is 10.8. The third-order valence-corrected chi connectivity index (χ3v) is 3.16. The molecule has 9 heteroatoms. The summed E-state index contributed by atoms with van der Waals surface area (Å²) >= 11 is 0. The van der Waals surface area contributed by atoms with Gasteiger partial charge in [0, 0.05) is 17.5 Å². The molecule has 2 N–H and O–H groups in total. The van der Waals surface area contributed by atoms with Crippen molar-refractivity contribution < 1.29 is 36.0 Å². The van der Waals surface area contributed by atoms with Crippen molar-refractivity contribution in [3.8, 4) is 5.75 Å². The first-order valence-electron chi connectivity index (χ1n) is 5.42. The van der Waals surface area contributed by atoms with E-state index in [0.717, 1.165) is 18.4 Å². The highest BCUT2D eigenvalue weighted by Gasteiger charge is 2.44. The normalized spacial score (nSPS) is 15.1. The van der Waals surface area contributed by atoms with Gasteiger partial charge in [-0.25, -0.2) is 0 Å². The quantitative estimate of drug-likeness (QED) is 0.566. The molecule has 1 aromatic rings. The van der Waals surface area contributed by atoms with Gasteiger partial charge in [0.05, 0.1) is 0 Å². The highest BCUT2D eigenvalue weighted by Crippen LogP contribution is 2.28. The monoisotopic (exact) mass is 312 g/mol. The number of carbonyl (C=O) groups excluding carboxylic acids is 1. The standard InChI is InChI=1S/C10H10O2.CHF3O3S/c11-9-5-1-3-7-8(9)4-2-6-10(7)12;2-1(3,4)8(5,6)7/h1,3,5,11H,2,4,6H2;(H,5,6,7). The molecule has 112 valence electrons. The van der Waals surface area contributed by atoms with Gasteiger partial charge in [-0.2, -0.15) is 21.6 Å². The van der Waals surface area contributed by atoms with Gasteiger partial charge in [0.2, 0.25) is 0 Å². The lowest BCUT2D eigenvalue weighted by molar-refractivity contribution is -0.0510. The van der Waals surface area contributed by atoms with Crippen molar-refractivity contribution in [1.82, 2.24) is 0 Å². The SMILES string of the molecule is O=C1CCCc2c(O)cccc21.O=S(=O)(O)C(F)(F)F. The highest BCUT2D eigenvalue weighted by atomic mass is 32.2. The molecule has 0 aromatic heterocycles. The molecule has 1 aromatic carbocycles. The molecule has 0 saturated carbocycles. The summed E-state index contributed by atoms with van der Waals surface area (Å²) in [4.78, 5) is 11.3. The Morgan fingerprint density at radius 3 is 2.15 bits per heavy atom. The summed E-state index contributed by atoms with van der Waals surface area (Å²) in [6.07, 6.45) is 2.31. The van der Waals surface area contributed by atoms with Gasteiger partial charge in [-0.1, -0.05) is 12.1 Å². The molecule has 0 spiro atoms. The van der Waals surface area contributed by atoms with Crippen LogP contribution < -0.4 is 0 Å². The second-order valence-electron chi connectivity index (χ2n) is 4.00. The largest absolute Gasteiger partial charge is 0.522 e. The molecule has 0 unspecified atom stereocenters. The zero-order chi connectivity index (χ0) is 15.6. The minimum atomic E-state index is -5.84. The van der Waals surface area contributed by atoms with E-state index in [9.17, 15) is 23.1 Å². The number of benzene rings is 1. The van der Waals surface area contributed by atoms with Crippen LogP contribution in [0.3, 0.4) is 0 Å². The number of phenols is 1. The van der Waals surface area contributed by atoms with Crippen LogP contribution in [0.25, 0.3) is 0 Å². The Kier molecular flexibility index (Phi) is 4.77. The van der Waals surface area contributed by atoms with E-state index in [2.05, 4.69) is 0 Å². The number of fused-ring (bicyclic) bond motifs is 1. The van der Waals surface area contributed by atoms with Crippen molar-refractivity contribution >= 4 is 15.9 Å². The Bertz CT molecular complexity index is 607. The Labute approximate surface area is 112 Å². The molecular weight excluding hydrogens is 301 g/mol. The molecule has 0 heterocycles. The molecule has 0 amide bonds. The predicted molar refractivity (Wildman–Crippen MR) is 63.0 cm³/mol. The Balaban J connectivity index is 0.000000221. The van der Waals surface area contributed by atoms with Crippen LogP contribution in [0.2, 0.25) is 0 Å². The molecule has 1 aliphatic carbocycles. The van der Waals surface area contributed by atoms with Crippen LogP contribution in [0.15, 0.2) is 18.2 Å². The number of ketones is 1. The zero-order valence-electron chi connectivity index (χ0n) is 10.0. The minimum Gasteiger partial charge on any atom is -0.508 e. The molecule has 20 heavy (non-hydrogen) atoms. The summed E-state index contributed by atoms with van der Waals surface area (Å²) in [5, 5.41) is 9.42. The molecule has 0 atom stereocenters. The summed E-state index contributed by atoms with van der Waals surface area (Å²) in [7, 11) is -5.84. The van der Waals surface area contributed by atoms with E-state index < -0.39 is 15.6 Å². The van der Waals surface area contributed by atoms with Crippen molar-refractivity contribution in [3.63, 3.8) is 0 Å². The van der Waals surface area contributed by atoms with Crippen LogP contribution in [0.5, 0.6) is 5.75 Å². The van der Waals surface area contributed by atoms with Crippen molar-refractivity contribution in [1.29, 1.82) is 0 Å². The van der Waals surface area contributed by atoms with Gasteiger partial charge in [0.15, 0.2) is 5.78 Å². The fourth-order valence-electron chi connectivity index (χ4n) is 1.66. The van der Waals surface area contributed by atoms with E-state index >= 15 is 0 Å². The van der Waals surface area contributed by atoms with Gasteiger partial charge >= 0.3 is 15.6 Å². The molecule has 0 saturated heterocycles. The first-order chi connectivity index (χ1) is 9.04. The third-order valence-electron chi connectivity index (χ3n) is 2.57. The van der Waals surface area contributed by atoms with Crippen LogP contribution in [-0.2, 0) is 16.5 Å². The number of phenolic OH excluding ortho intramolecular Hbond substituents is 1. The predicted octanol–water partition coefficient (Wildman–Crippen LogP) is 2.31. The molecule has 5 nitrogen and oxygen atoms in total. The maximum atomic E-state index is 11.3. The van der Waals surface area contributed by atoms with Gasteiger partial charge in [-0.3, -0.25) is 9.35 Å². The number of halogens is 3. The first kappa shape index (κ1) is 16.4. The summed E-state index contributed by atoms with van der Waals surface area (Å²) in [6.45, 7) is 0. The van der Waals surface area contributed by atoms with E-state index in [4.69, 9.17) is 13.0 Å². The molecule has 0 fully saturated rings. The smallest absolute Gasteiger partial charge is 0.508 e.